The van der Waals surface area contributed by atoms with E-state index < -0.39 is 6.10 Å². The number of nitrogens with two attached hydrogens (primary N) is 1. The van der Waals surface area contributed by atoms with Crippen molar-refractivity contribution in [1.82, 2.24) is 0 Å². The summed E-state index contributed by atoms with van der Waals surface area (Å²) in [5.41, 5.74) is 9.14. The average Bonchev–Trinajstić information content (AvgIpc) is 2.44. The van der Waals surface area contributed by atoms with Crippen LogP contribution in [0.5, 0.6) is 5.75 Å². The van der Waals surface area contributed by atoms with Gasteiger partial charge >= 0.3 is 0 Å². The molecule has 2 rings (SSSR count). The highest BCUT2D eigenvalue weighted by Gasteiger charge is 2.16. The lowest BCUT2D eigenvalue weighted by Gasteiger charge is -2.17. The van der Waals surface area contributed by atoms with Crippen LogP contribution in [0.1, 0.15) is 18.1 Å². The molecule has 4 nitrogen and oxygen atoms in total. The molecule has 0 aliphatic carbocycles. The minimum Gasteiger partial charge on any atom is -0.481 e. The number of carbonyl (C=O) groups excluding carboxylic acids is 1. The van der Waals surface area contributed by atoms with Gasteiger partial charge in [0, 0.05) is 11.4 Å². The van der Waals surface area contributed by atoms with Crippen molar-refractivity contribution in [2.24, 2.45) is 0 Å². The molecule has 0 radical (unpaired) electrons. The summed E-state index contributed by atoms with van der Waals surface area (Å²) in [6, 6.07) is 12.9. The molecule has 0 aliphatic rings. The van der Waals surface area contributed by atoms with Crippen LogP contribution in [0, 0.1) is 13.8 Å². The van der Waals surface area contributed by atoms with Gasteiger partial charge in [-0.15, -0.1) is 0 Å². The number of ether oxygens (including phenoxy) is 1. The Balaban J connectivity index is 2.04. The number of rotatable bonds is 4. The highest BCUT2D eigenvalue weighted by atomic mass is 16.5. The predicted molar refractivity (Wildman–Crippen MR) is 85.5 cm³/mol. The second kappa shape index (κ2) is 6.31. The third kappa shape index (κ3) is 3.75. The van der Waals surface area contributed by atoms with E-state index in [1.54, 1.807) is 31.2 Å². The molecule has 0 aliphatic heterocycles. The topological polar surface area (TPSA) is 64.3 Å². The van der Waals surface area contributed by atoms with Crippen LogP contribution in [0.3, 0.4) is 0 Å². The molecule has 3 N–H and O–H groups in total. The van der Waals surface area contributed by atoms with E-state index in [9.17, 15) is 4.79 Å². The summed E-state index contributed by atoms with van der Waals surface area (Å²) in [6.45, 7) is 5.72. The SMILES string of the molecule is Cc1cccc(OC(C)C(=O)Nc2cccc(N)c2)c1C. The van der Waals surface area contributed by atoms with E-state index in [2.05, 4.69) is 5.32 Å². The van der Waals surface area contributed by atoms with Crippen LogP contribution in [0.4, 0.5) is 11.4 Å². The van der Waals surface area contributed by atoms with Gasteiger partial charge in [-0.1, -0.05) is 18.2 Å². The predicted octanol–water partition coefficient (Wildman–Crippen LogP) is 3.29. The Morgan fingerprint density at radius 2 is 1.90 bits per heavy atom. The minimum absolute atomic E-state index is 0.207. The van der Waals surface area contributed by atoms with E-state index in [-0.39, 0.29) is 5.91 Å². The lowest BCUT2D eigenvalue weighted by Crippen LogP contribution is -2.30. The Morgan fingerprint density at radius 3 is 2.62 bits per heavy atom. The van der Waals surface area contributed by atoms with E-state index in [1.165, 1.54) is 0 Å². The van der Waals surface area contributed by atoms with Crippen LogP contribution in [-0.2, 0) is 4.79 Å². The smallest absolute Gasteiger partial charge is 0.265 e. The number of aryl methyl sites for hydroxylation is 1. The number of hydrogen-bond donors (Lipinski definition) is 2. The van der Waals surface area contributed by atoms with E-state index in [0.717, 1.165) is 16.9 Å². The van der Waals surface area contributed by atoms with Gasteiger partial charge in [-0.25, -0.2) is 0 Å². The zero-order chi connectivity index (χ0) is 15.4. The van der Waals surface area contributed by atoms with Crippen molar-refractivity contribution in [3.05, 3.63) is 53.6 Å². The number of benzene rings is 2. The van der Waals surface area contributed by atoms with E-state index in [1.807, 2.05) is 32.0 Å². The Bertz CT molecular complexity index is 653. The van der Waals surface area contributed by atoms with Crippen molar-refractivity contribution < 1.29 is 9.53 Å². The van der Waals surface area contributed by atoms with Gasteiger partial charge in [0.1, 0.15) is 5.75 Å². The van der Waals surface area contributed by atoms with E-state index in [0.29, 0.717) is 11.4 Å². The average molecular weight is 284 g/mol. The summed E-state index contributed by atoms with van der Waals surface area (Å²) < 4.78 is 5.75. The van der Waals surface area contributed by atoms with Crippen molar-refractivity contribution in [2.45, 2.75) is 26.9 Å². The molecule has 0 fully saturated rings. The summed E-state index contributed by atoms with van der Waals surface area (Å²) in [4.78, 5) is 12.1. The lowest BCUT2D eigenvalue weighted by atomic mass is 10.1. The first-order chi connectivity index (χ1) is 9.97. The quantitative estimate of drug-likeness (QED) is 0.847. The third-order valence-corrected chi connectivity index (χ3v) is 3.38. The number of amides is 1. The summed E-state index contributed by atoms with van der Waals surface area (Å²) in [5, 5.41) is 2.79. The lowest BCUT2D eigenvalue weighted by molar-refractivity contribution is -0.122. The fraction of sp³-hybridized carbons (Fsp3) is 0.235. The summed E-state index contributed by atoms with van der Waals surface area (Å²) in [6.07, 6.45) is -0.591. The van der Waals surface area contributed by atoms with Crippen LogP contribution in [0.25, 0.3) is 0 Å². The van der Waals surface area contributed by atoms with Crippen molar-refractivity contribution >= 4 is 17.3 Å². The highest BCUT2D eigenvalue weighted by Crippen LogP contribution is 2.22. The molecule has 2 aromatic carbocycles. The van der Waals surface area contributed by atoms with Crippen LogP contribution in [0.2, 0.25) is 0 Å². The minimum atomic E-state index is -0.591. The first-order valence-electron chi connectivity index (χ1n) is 6.86. The highest BCUT2D eigenvalue weighted by molar-refractivity contribution is 5.94. The number of anilines is 2. The first-order valence-corrected chi connectivity index (χ1v) is 6.86. The van der Waals surface area contributed by atoms with Gasteiger partial charge < -0.3 is 15.8 Å². The maximum Gasteiger partial charge on any atom is 0.265 e. The molecule has 0 heterocycles. The Labute approximate surface area is 124 Å². The van der Waals surface area contributed by atoms with Crippen LogP contribution < -0.4 is 15.8 Å². The number of nitrogens with one attached hydrogen (secondary N) is 1. The Hall–Kier alpha value is -2.49. The normalized spacial score (nSPS) is 11.8. The van der Waals surface area contributed by atoms with Crippen molar-refractivity contribution in [3.8, 4) is 5.75 Å². The fourth-order valence-electron chi connectivity index (χ4n) is 1.96. The molecular weight excluding hydrogens is 264 g/mol. The van der Waals surface area contributed by atoms with E-state index in [4.69, 9.17) is 10.5 Å². The molecule has 4 heteroatoms. The van der Waals surface area contributed by atoms with Gasteiger partial charge in [0.15, 0.2) is 6.10 Å². The van der Waals surface area contributed by atoms with Gasteiger partial charge in [-0.05, 0) is 56.2 Å². The van der Waals surface area contributed by atoms with Gasteiger partial charge in [0.05, 0.1) is 0 Å². The molecule has 1 unspecified atom stereocenters. The van der Waals surface area contributed by atoms with Gasteiger partial charge in [0.25, 0.3) is 5.91 Å². The molecule has 0 saturated heterocycles. The third-order valence-electron chi connectivity index (χ3n) is 3.38. The van der Waals surface area contributed by atoms with Crippen molar-refractivity contribution in [1.29, 1.82) is 0 Å². The second-order valence-electron chi connectivity index (χ2n) is 5.07. The summed E-state index contributed by atoms with van der Waals surface area (Å²) in [5.74, 6) is 0.520. The Kier molecular flexibility index (Phi) is 4.48. The molecule has 1 atom stereocenters. The summed E-state index contributed by atoms with van der Waals surface area (Å²) in [7, 11) is 0. The largest absolute Gasteiger partial charge is 0.481 e. The zero-order valence-electron chi connectivity index (χ0n) is 12.5. The van der Waals surface area contributed by atoms with Crippen molar-refractivity contribution in [2.75, 3.05) is 11.1 Å². The zero-order valence-corrected chi connectivity index (χ0v) is 12.5. The number of nitrogen functional groups attached to an aromatic ring is 1. The molecule has 21 heavy (non-hydrogen) atoms. The molecule has 2 aromatic rings. The standard InChI is InChI=1S/C17H20N2O2/c1-11-6-4-9-16(12(11)2)21-13(3)17(20)19-15-8-5-7-14(18)10-15/h4-10,13H,18H2,1-3H3,(H,19,20). The first kappa shape index (κ1) is 14.9. The van der Waals surface area contributed by atoms with Crippen molar-refractivity contribution in [3.63, 3.8) is 0 Å². The molecule has 1 amide bonds. The van der Waals surface area contributed by atoms with Gasteiger partial charge in [-0.2, -0.15) is 0 Å². The maximum atomic E-state index is 12.1. The van der Waals surface area contributed by atoms with Crippen LogP contribution >= 0.6 is 0 Å². The molecule has 0 saturated carbocycles. The molecule has 0 bridgehead atoms. The Morgan fingerprint density at radius 1 is 1.19 bits per heavy atom. The number of hydrogen-bond acceptors (Lipinski definition) is 3. The number of carbonyl (C=O) groups is 1. The van der Waals surface area contributed by atoms with Crippen LogP contribution in [0.15, 0.2) is 42.5 Å². The molecule has 0 spiro atoms. The van der Waals surface area contributed by atoms with Crippen LogP contribution in [-0.4, -0.2) is 12.0 Å². The van der Waals surface area contributed by atoms with E-state index >= 15 is 0 Å². The molecule has 0 aromatic heterocycles. The monoisotopic (exact) mass is 284 g/mol. The maximum absolute atomic E-state index is 12.1. The second-order valence-corrected chi connectivity index (χ2v) is 5.07. The fourth-order valence-corrected chi connectivity index (χ4v) is 1.96. The summed E-state index contributed by atoms with van der Waals surface area (Å²) >= 11 is 0. The van der Waals surface area contributed by atoms with Gasteiger partial charge in [-0.3, -0.25) is 4.79 Å². The molecular formula is C17H20N2O2. The molecule has 110 valence electrons. The van der Waals surface area contributed by atoms with Gasteiger partial charge in [0.2, 0.25) is 0 Å².